The number of unbranched alkanes of at least 4 members (excludes halogenated alkanes) is 1. The molecule has 0 amide bonds. The number of fused-ring (bicyclic) bond motifs is 1. The Bertz CT molecular complexity index is 704. The number of rotatable bonds is 6. The van der Waals surface area contributed by atoms with Gasteiger partial charge in [0.25, 0.3) is 0 Å². The minimum atomic E-state index is 0.969. The van der Waals surface area contributed by atoms with Crippen LogP contribution in [0.15, 0.2) is 59.8 Å². The lowest BCUT2D eigenvalue weighted by molar-refractivity contribution is 0.602. The van der Waals surface area contributed by atoms with E-state index in [1.807, 2.05) is 11.8 Å². The summed E-state index contributed by atoms with van der Waals surface area (Å²) in [6.07, 6.45) is 2.40. The highest BCUT2D eigenvalue weighted by molar-refractivity contribution is 7.98. The fourth-order valence-electron chi connectivity index (χ4n) is 2.42. The van der Waals surface area contributed by atoms with E-state index in [2.05, 4.69) is 66.1 Å². The van der Waals surface area contributed by atoms with Crippen LogP contribution in [-0.4, -0.2) is 9.55 Å². The van der Waals surface area contributed by atoms with Gasteiger partial charge in [-0.15, -0.1) is 0 Å². The molecule has 21 heavy (non-hydrogen) atoms. The second-order valence-electron chi connectivity index (χ2n) is 5.16. The van der Waals surface area contributed by atoms with Crippen LogP contribution in [0.1, 0.15) is 25.3 Å². The van der Waals surface area contributed by atoms with E-state index in [1.165, 1.54) is 23.9 Å². The summed E-state index contributed by atoms with van der Waals surface area (Å²) in [5, 5.41) is 1.13. The van der Waals surface area contributed by atoms with Crippen molar-refractivity contribution in [1.29, 1.82) is 0 Å². The Kier molecular flexibility index (Phi) is 4.61. The lowest BCUT2D eigenvalue weighted by atomic mass is 10.2. The molecule has 3 rings (SSSR count). The summed E-state index contributed by atoms with van der Waals surface area (Å²) >= 11 is 1.83. The van der Waals surface area contributed by atoms with Gasteiger partial charge in [0.05, 0.1) is 11.0 Å². The van der Waals surface area contributed by atoms with Crippen molar-refractivity contribution in [2.75, 3.05) is 0 Å². The molecule has 0 saturated heterocycles. The SMILES string of the molecule is CCCCn1c(SCc2ccccc2)nc2ccccc21. The fourth-order valence-corrected chi connectivity index (χ4v) is 3.41. The maximum Gasteiger partial charge on any atom is 0.169 e. The molecule has 2 aromatic carbocycles. The predicted molar refractivity (Wildman–Crippen MR) is 90.6 cm³/mol. The summed E-state index contributed by atoms with van der Waals surface area (Å²) in [7, 11) is 0. The van der Waals surface area contributed by atoms with E-state index in [4.69, 9.17) is 4.98 Å². The molecule has 1 heterocycles. The Hall–Kier alpha value is -1.74. The zero-order valence-electron chi connectivity index (χ0n) is 12.3. The van der Waals surface area contributed by atoms with Gasteiger partial charge >= 0.3 is 0 Å². The van der Waals surface area contributed by atoms with Crippen molar-refractivity contribution < 1.29 is 0 Å². The monoisotopic (exact) mass is 296 g/mol. The van der Waals surface area contributed by atoms with Crippen LogP contribution < -0.4 is 0 Å². The smallest absolute Gasteiger partial charge is 0.169 e. The molecule has 0 atom stereocenters. The van der Waals surface area contributed by atoms with Gasteiger partial charge in [-0.05, 0) is 24.1 Å². The van der Waals surface area contributed by atoms with E-state index in [1.54, 1.807) is 0 Å². The number of benzene rings is 2. The molecular weight excluding hydrogens is 276 g/mol. The Morgan fingerprint density at radius 1 is 1.00 bits per heavy atom. The standard InChI is InChI=1S/C18H20N2S/c1-2-3-13-20-17-12-8-7-11-16(17)19-18(20)21-14-15-9-5-4-6-10-15/h4-12H,2-3,13-14H2,1H3. The van der Waals surface area contributed by atoms with Crippen LogP contribution in [0.5, 0.6) is 0 Å². The molecule has 2 nitrogen and oxygen atoms in total. The summed E-state index contributed by atoms with van der Waals surface area (Å²) in [5.41, 5.74) is 3.70. The van der Waals surface area contributed by atoms with Gasteiger partial charge in [0.1, 0.15) is 0 Å². The first kappa shape index (κ1) is 14.2. The molecular formula is C18H20N2S. The van der Waals surface area contributed by atoms with Crippen LogP contribution in [0.2, 0.25) is 0 Å². The molecule has 0 spiro atoms. The van der Waals surface area contributed by atoms with Crippen LogP contribution in [0.4, 0.5) is 0 Å². The largest absolute Gasteiger partial charge is 0.319 e. The van der Waals surface area contributed by atoms with E-state index in [9.17, 15) is 0 Å². The van der Waals surface area contributed by atoms with Gasteiger partial charge in [0.2, 0.25) is 0 Å². The second-order valence-corrected chi connectivity index (χ2v) is 6.11. The molecule has 0 aliphatic rings. The molecule has 3 heteroatoms. The number of para-hydroxylation sites is 2. The molecule has 0 aliphatic carbocycles. The lowest BCUT2D eigenvalue weighted by Crippen LogP contribution is -1.99. The van der Waals surface area contributed by atoms with Crippen molar-refractivity contribution >= 4 is 22.8 Å². The molecule has 3 aromatic rings. The zero-order valence-corrected chi connectivity index (χ0v) is 13.1. The van der Waals surface area contributed by atoms with Gasteiger partial charge in [0, 0.05) is 12.3 Å². The molecule has 0 bridgehead atoms. The summed E-state index contributed by atoms with van der Waals surface area (Å²) < 4.78 is 2.37. The summed E-state index contributed by atoms with van der Waals surface area (Å²) in [6.45, 7) is 3.28. The first-order valence-electron chi connectivity index (χ1n) is 7.50. The average molecular weight is 296 g/mol. The minimum absolute atomic E-state index is 0.969. The number of aryl methyl sites for hydroxylation is 1. The van der Waals surface area contributed by atoms with Crippen LogP contribution in [0.3, 0.4) is 0 Å². The molecule has 0 aliphatic heterocycles. The Morgan fingerprint density at radius 2 is 1.76 bits per heavy atom. The maximum atomic E-state index is 4.81. The summed E-state index contributed by atoms with van der Waals surface area (Å²) in [4.78, 5) is 4.81. The van der Waals surface area contributed by atoms with E-state index in [-0.39, 0.29) is 0 Å². The van der Waals surface area contributed by atoms with Crippen LogP contribution in [0, 0.1) is 0 Å². The molecule has 0 unspecified atom stereocenters. The normalized spacial score (nSPS) is 11.1. The van der Waals surface area contributed by atoms with Gasteiger partial charge in [-0.3, -0.25) is 0 Å². The van der Waals surface area contributed by atoms with E-state index in [0.29, 0.717) is 0 Å². The topological polar surface area (TPSA) is 17.8 Å². The van der Waals surface area contributed by atoms with Gasteiger partial charge in [-0.25, -0.2) is 4.98 Å². The van der Waals surface area contributed by atoms with Crippen molar-refractivity contribution in [3.05, 3.63) is 60.2 Å². The van der Waals surface area contributed by atoms with Crippen LogP contribution in [0.25, 0.3) is 11.0 Å². The molecule has 0 fully saturated rings. The molecule has 0 saturated carbocycles. The number of hydrogen-bond acceptors (Lipinski definition) is 2. The summed E-state index contributed by atoms with van der Waals surface area (Å²) in [6, 6.07) is 19.0. The van der Waals surface area contributed by atoms with E-state index in [0.717, 1.165) is 23.0 Å². The van der Waals surface area contributed by atoms with Gasteiger partial charge < -0.3 is 4.57 Å². The number of imidazole rings is 1. The first-order chi connectivity index (χ1) is 10.4. The third kappa shape index (κ3) is 3.30. The fraction of sp³-hybridized carbons (Fsp3) is 0.278. The Morgan fingerprint density at radius 3 is 2.57 bits per heavy atom. The highest BCUT2D eigenvalue weighted by Crippen LogP contribution is 2.27. The van der Waals surface area contributed by atoms with Crippen molar-refractivity contribution in [3.63, 3.8) is 0 Å². The molecule has 0 radical (unpaired) electrons. The quantitative estimate of drug-likeness (QED) is 0.587. The van der Waals surface area contributed by atoms with Gasteiger partial charge in [0.15, 0.2) is 5.16 Å². The lowest BCUT2D eigenvalue weighted by Gasteiger charge is -2.08. The van der Waals surface area contributed by atoms with Crippen LogP contribution in [-0.2, 0) is 12.3 Å². The van der Waals surface area contributed by atoms with E-state index < -0.39 is 0 Å². The van der Waals surface area contributed by atoms with Crippen LogP contribution >= 0.6 is 11.8 Å². The van der Waals surface area contributed by atoms with Gasteiger partial charge in [-0.2, -0.15) is 0 Å². The Balaban J connectivity index is 1.86. The van der Waals surface area contributed by atoms with Gasteiger partial charge in [-0.1, -0.05) is 67.6 Å². The van der Waals surface area contributed by atoms with Crippen molar-refractivity contribution in [2.24, 2.45) is 0 Å². The molecule has 0 N–H and O–H groups in total. The highest BCUT2D eigenvalue weighted by Gasteiger charge is 2.10. The highest BCUT2D eigenvalue weighted by atomic mass is 32.2. The number of thioether (sulfide) groups is 1. The Labute approximate surface area is 130 Å². The maximum absolute atomic E-state index is 4.81. The molecule has 108 valence electrons. The molecule has 1 aromatic heterocycles. The van der Waals surface area contributed by atoms with Crippen molar-refractivity contribution in [1.82, 2.24) is 9.55 Å². The zero-order chi connectivity index (χ0) is 14.5. The van der Waals surface area contributed by atoms with Crippen molar-refractivity contribution in [3.8, 4) is 0 Å². The predicted octanol–water partition coefficient (Wildman–Crippen LogP) is 5.13. The number of aromatic nitrogens is 2. The second kappa shape index (κ2) is 6.81. The van der Waals surface area contributed by atoms with E-state index >= 15 is 0 Å². The number of hydrogen-bond donors (Lipinski definition) is 0. The third-order valence-electron chi connectivity index (χ3n) is 3.57. The minimum Gasteiger partial charge on any atom is -0.319 e. The average Bonchev–Trinajstić information content (AvgIpc) is 2.89. The third-order valence-corrected chi connectivity index (χ3v) is 4.61. The first-order valence-corrected chi connectivity index (χ1v) is 8.49. The number of nitrogens with zero attached hydrogens (tertiary/aromatic N) is 2. The van der Waals surface area contributed by atoms with Crippen molar-refractivity contribution in [2.45, 2.75) is 37.2 Å². The summed E-state index contributed by atoms with van der Waals surface area (Å²) in [5.74, 6) is 0.969.